The van der Waals surface area contributed by atoms with Crippen molar-refractivity contribution in [3.8, 4) is 6.07 Å². The van der Waals surface area contributed by atoms with Crippen molar-refractivity contribution in [3.63, 3.8) is 0 Å². The standard InChI is InChI=1S/C15H24N4S/c1-12(2)18-15(11-16)7-4-5-13(15)6-10-20-14-17-8-9-19(14)3/h8-9,12-13,18H,4-7,10H2,1-3H3. The molecule has 0 amide bonds. The quantitative estimate of drug-likeness (QED) is 0.819. The summed E-state index contributed by atoms with van der Waals surface area (Å²) in [4.78, 5) is 4.33. The van der Waals surface area contributed by atoms with E-state index in [0.29, 0.717) is 12.0 Å². The van der Waals surface area contributed by atoms with Crippen LogP contribution in [0.5, 0.6) is 0 Å². The van der Waals surface area contributed by atoms with Crippen LogP contribution in [0.25, 0.3) is 0 Å². The van der Waals surface area contributed by atoms with Crippen molar-refractivity contribution in [2.75, 3.05) is 5.75 Å². The van der Waals surface area contributed by atoms with E-state index in [0.717, 1.165) is 36.6 Å². The van der Waals surface area contributed by atoms with Gasteiger partial charge in [0.15, 0.2) is 5.16 Å². The van der Waals surface area contributed by atoms with E-state index in [1.54, 1.807) is 11.8 Å². The molecule has 1 N–H and O–H groups in total. The van der Waals surface area contributed by atoms with Gasteiger partial charge in [-0.25, -0.2) is 4.98 Å². The van der Waals surface area contributed by atoms with Crippen molar-refractivity contribution in [3.05, 3.63) is 12.4 Å². The second-order valence-electron chi connectivity index (χ2n) is 5.93. The van der Waals surface area contributed by atoms with Crippen LogP contribution in [0.2, 0.25) is 0 Å². The van der Waals surface area contributed by atoms with Gasteiger partial charge >= 0.3 is 0 Å². The maximum Gasteiger partial charge on any atom is 0.167 e. The number of aryl methyl sites for hydroxylation is 1. The summed E-state index contributed by atoms with van der Waals surface area (Å²) in [7, 11) is 2.02. The van der Waals surface area contributed by atoms with Crippen LogP contribution in [0.15, 0.2) is 17.6 Å². The highest BCUT2D eigenvalue weighted by molar-refractivity contribution is 7.99. The Balaban J connectivity index is 1.91. The zero-order valence-electron chi connectivity index (χ0n) is 12.6. The number of nitrogens with one attached hydrogen (secondary N) is 1. The number of rotatable bonds is 6. The first-order valence-electron chi connectivity index (χ1n) is 7.36. The van der Waals surface area contributed by atoms with Gasteiger partial charge in [-0.1, -0.05) is 18.2 Å². The van der Waals surface area contributed by atoms with Crippen LogP contribution in [-0.4, -0.2) is 26.9 Å². The summed E-state index contributed by atoms with van der Waals surface area (Å²) in [5.41, 5.74) is -0.309. The second-order valence-corrected chi connectivity index (χ2v) is 6.99. The lowest BCUT2D eigenvalue weighted by molar-refractivity contribution is 0.289. The fourth-order valence-electron chi connectivity index (χ4n) is 3.14. The van der Waals surface area contributed by atoms with E-state index < -0.39 is 0 Å². The van der Waals surface area contributed by atoms with E-state index in [1.165, 1.54) is 0 Å². The molecule has 1 aliphatic rings. The summed E-state index contributed by atoms with van der Waals surface area (Å²) in [6.45, 7) is 4.24. The van der Waals surface area contributed by atoms with Crippen molar-refractivity contribution in [1.29, 1.82) is 5.26 Å². The van der Waals surface area contributed by atoms with Gasteiger partial charge in [0.25, 0.3) is 0 Å². The first-order chi connectivity index (χ1) is 9.57. The molecule has 5 heteroatoms. The molecule has 2 rings (SSSR count). The molecule has 0 spiro atoms. The highest BCUT2D eigenvalue weighted by Gasteiger charge is 2.42. The molecule has 2 unspecified atom stereocenters. The summed E-state index contributed by atoms with van der Waals surface area (Å²) in [6, 6.07) is 2.93. The molecule has 20 heavy (non-hydrogen) atoms. The molecule has 0 bridgehead atoms. The zero-order valence-corrected chi connectivity index (χ0v) is 13.4. The predicted molar refractivity (Wildman–Crippen MR) is 82.5 cm³/mol. The van der Waals surface area contributed by atoms with Gasteiger partial charge in [-0.15, -0.1) is 0 Å². The largest absolute Gasteiger partial charge is 0.329 e. The molecule has 110 valence electrons. The summed E-state index contributed by atoms with van der Waals surface area (Å²) in [5.74, 6) is 1.49. The van der Waals surface area contributed by atoms with Crippen molar-refractivity contribution in [1.82, 2.24) is 14.9 Å². The first kappa shape index (κ1) is 15.4. The molecule has 1 aliphatic carbocycles. The summed E-state index contributed by atoms with van der Waals surface area (Å²) < 4.78 is 2.04. The van der Waals surface area contributed by atoms with Gasteiger partial charge in [0, 0.05) is 31.2 Å². The lowest BCUT2D eigenvalue weighted by Gasteiger charge is -2.32. The third-order valence-corrected chi connectivity index (χ3v) is 5.13. The molecule has 1 aromatic heterocycles. The number of hydrogen-bond acceptors (Lipinski definition) is 4. The molecule has 0 saturated heterocycles. The second kappa shape index (κ2) is 6.64. The Morgan fingerprint density at radius 3 is 3.05 bits per heavy atom. The minimum Gasteiger partial charge on any atom is -0.329 e. The molecule has 0 radical (unpaired) electrons. The lowest BCUT2D eigenvalue weighted by Crippen LogP contribution is -2.50. The van der Waals surface area contributed by atoms with Crippen molar-refractivity contribution in [2.45, 2.75) is 56.3 Å². The van der Waals surface area contributed by atoms with E-state index in [4.69, 9.17) is 0 Å². The van der Waals surface area contributed by atoms with E-state index in [1.807, 2.05) is 24.0 Å². The third-order valence-electron chi connectivity index (χ3n) is 4.04. The molecule has 4 nitrogen and oxygen atoms in total. The summed E-state index contributed by atoms with van der Waals surface area (Å²) in [6.07, 6.45) is 8.18. The van der Waals surface area contributed by atoms with Gasteiger partial charge < -0.3 is 4.57 Å². The summed E-state index contributed by atoms with van der Waals surface area (Å²) >= 11 is 1.79. The van der Waals surface area contributed by atoms with Crippen LogP contribution in [0.1, 0.15) is 39.5 Å². The van der Waals surface area contributed by atoms with E-state index in [-0.39, 0.29) is 5.54 Å². The Bertz CT molecular complexity index is 476. The Labute approximate surface area is 126 Å². The summed E-state index contributed by atoms with van der Waals surface area (Å²) in [5, 5.41) is 14.2. The van der Waals surface area contributed by atoms with E-state index >= 15 is 0 Å². The molecule has 0 aliphatic heterocycles. The molecular weight excluding hydrogens is 268 g/mol. The van der Waals surface area contributed by atoms with Gasteiger partial charge in [0.1, 0.15) is 5.54 Å². The van der Waals surface area contributed by atoms with Crippen LogP contribution in [0.3, 0.4) is 0 Å². The molecule has 1 fully saturated rings. The Morgan fingerprint density at radius 2 is 2.45 bits per heavy atom. The third kappa shape index (κ3) is 3.36. The van der Waals surface area contributed by atoms with Crippen LogP contribution in [0, 0.1) is 17.2 Å². The van der Waals surface area contributed by atoms with E-state index in [9.17, 15) is 5.26 Å². The van der Waals surface area contributed by atoms with Crippen molar-refractivity contribution in [2.24, 2.45) is 13.0 Å². The van der Waals surface area contributed by atoms with Gasteiger partial charge in [-0.05, 0) is 39.0 Å². The Kier molecular flexibility index (Phi) is 5.11. The topological polar surface area (TPSA) is 53.6 Å². The fraction of sp³-hybridized carbons (Fsp3) is 0.733. The average Bonchev–Trinajstić information content (AvgIpc) is 2.97. The maximum absolute atomic E-state index is 9.63. The Hall–Kier alpha value is -0.990. The van der Waals surface area contributed by atoms with Crippen molar-refractivity contribution >= 4 is 11.8 Å². The number of imidazole rings is 1. The van der Waals surface area contributed by atoms with Crippen LogP contribution in [0.4, 0.5) is 0 Å². The van der Waals surface area contributed by atoms with E-state index in [2.05, 4.69) is 30.2 Å². The van der Waals surface area contributed by atoms with Gasteiger partial charge in [0.2, 0.25) is 0 Å². The van der Waals surface area contributed by atoms with Crippen LogP contribution < -0.4 is 5.32 Å². The SMILES string of the molecule is CC(C)NC1(C#N)CCCC1CCSc1nccn1C. The normalized spacial score (nSPS) is 26.1. The van der Waals surface area contributed by atoms with Crippen LogP contribution >= 0.6 is 11.8 Å². The average molecular weight is 292 g/mol. The molecule has 1 heterocycles. The maximum atomic E-state index is 9.63. The number of nitriles is 1. The van der Waals surface area contributed by atoms with Gasteiger partial charge in [0.05, 0.1) is 6.07 Å². The van der Waals surface area contributed by atoms with Gasteiger partial charge in [-0.2, -0.15) is 5.26 Å². The molecule has 2 atom stereocenters. The number of aromatic nitrogens is 2. The number of nitrogens with zero attached hydrogens (tertiary/aromatic N) is 3. The minimum atomic E-state index is -0.309. The number of hydrogen-bond donors (Lipinski definition) is 1. The molecular formula is C15H24N4S. The molecule has 1 saturated carbocycles. The first-order valence-corrected chi connectivity index (χ1v) is 8.35. The lowest BCUT2D eigenvalue weighted by atomic mass is 9.86. The molecule has 0 aromatic carbocycles. The zero-order chi connectivity index (χ0) is 14.6. The molecule has 1 aromatic rings. The fourth-order valence-corrected chi connectivity index (χ4v) is 4.12. The van der Waals surface area contributed by atoms with Crippen LogP contribution in [-0.2, 0) is 7.05 Å². The van der Waals surface area contributed by atoms with Gasteiger partial charge in [-0.3, -0.25) is 5.32 Å². The minimum absolute atomic E-state index is 0.309. The predicted octanol–water partition coefficient (Wildman–Crippen LogP) is 2.96. The highest BCUT2D eigenvalue weighted by Crippen LogP contribution is 2.39. The van der Waals surface area contributed by atoms with Crippen molar-refractivity contribution < 1.29 is 0 Å². The highest BCUT2D eigenvalue weighted by atomic mass is 32.2. The smallest absolute Gasteiger partial charge is 0.167 e. The number of thioether (sulfide) groups is 1. The Morgan fingerprint density at radius 1 is 1.65 bits per heavy atom. The monoisotopic (exact) mass is 292 g/mol.